The summed E-state index contributed by atoms with van der Waals surface area (Å²) < 4.78 is 0. The lowest BCUT2D eigenvalue weighted by Gasteiger charge is -2.13. The molecule has 2 unspecified atom stereocenters. The van der Waals surface area contributed by atoms with E-state index in [9.17, 15) is 10.0 Å². The zero-order chi connectivity index (χ0) is 15.2. The van der Waals surface area contributed by atoms with Crippen LogP contribution >= 0.6 is 23.2 Å². The molecule has 2 heterocycles. The first-order valence-electron chi connectivity index (χ1n) is 6.33. The minimum absolute atomic E-state index is 0.357. The number of halogens is 2. The Kier molecular flexibility index (Phi) is 5.61. The molecular weight excluding hydrogens is 313 g/mol. The predicted octanol–water partition coefficient (Wildman–Crippen LogP) is 4.10. The first-order valence-corrected chi connectivity index (χ1v) is 7.09. The van der Waals surface area contributed by atoms with Crippen molar-refractivity contribution in [2.24, 2.45) is 5.18 Å². The van der Waals surface area contributed by atoms with Crippen molar-refractivity contribution in [1.82, 2.24) is 9.97 Å². The van der Waals surface area contributed by atoms with Crippen molar-refractivity contribution in [3.63, 3.8) is 0 Å². The lowest BCUT2D eigenvalue weighted by Crippen LogP contribution is -2.02. The van der Waals surface area contributed by atoms with Crippen molar-refractivity contribution in [2.45, 2.75) is 25.0 Å². The molecule has 0 aromatic carbocycles. The smallest absolute Gasteiger partial charge is 0.129 e. The fraction of sp³-hybridized carbons (Fsp3) is 0.286. The Hall–Kier alpha value is -1.56. The van der Waals surface area contributed by atoms with Crippen LogP contribution in [0.15, 0.2) is 41.8 Å². The summed E-state index contributed by atoms with van der Waals surface area (Å²) in [7, 11) is 0. The van der Waals surface area contributed by atoms with E-state index < -0.39 is 12.1 Å². The Morgan fingerprint density at radius 2 is 1.57 bits per heavy atom. The van der Waals surface area contributed by atoms with Crippen molar-refractivity contribution in [1.29, 1.82) is 0 Å². The molecule has 21 heavy (non-hydrogen) atoms. The van der Waals surface area contributed by atoms with Gasteiger partial charge in [0, 0.05) is 12.4 Å². The van der Waals surface area contributed by atoms with Gasteiger partial charge in [0.2, 0.25) is 0 Å². The molecule has 2 atom stereocenters. The highest BCUT2D eigenvalue weighted by atomic mass is 35.5. The van der Waals surface area contributed by atoms with Crippen LogP contribution in [0.2, 0.25) is 10.3 Å². The highest BCUT2D eigenvalue weighted by molar-refractivity contribution is 6.29. The van der Waals surface area contributed by atoms with Gasteiger partial charge in [-0.2, -0.15) is 4.91 Å². The van der Waals surface area contributed by atoms with Crippen LogP contribution in [0.5, 0.6) is 0 Å². The molecule has 5 nitrogen and oxygen atoms in total. The standard InChI is InChI=1S/C14H13Cl2N3O2/c15-13-5-1-9(7-17-13)11(19-21)3-4-12(20)10-2-6-14(16)18-8-10/h1-2,5-8,11-12,20H,3-4H2. The number of hydrogen-bond acceptors (Lipinski definition) is 5. The molecule has 0 bridgehead atoms. The fourth-order valence-corrected chi connectivity index (χ4v) is 2.15. The van der Waals surface area contributed by atoms with Crippen LogP contribution in [0, 0.1) is 4.91 Å². The van der Waals surface area contributed by atoms with Gasteiger partial charge in [-0.25, -0.2) is 9.97 Å². The molecule has 0 saturated carbocycles. The van der Waals surface area contributed by atoms with E-state index in [0.29, 0.717) is 34.3 Å². The van der Waals surface area contributed by atoms with Crippen LogP contribution in [0.4, 0.5) is 0 Å². The van der Waals surface area contributed by atoms with E-state index in [1.807, 2.05) is 0 Å². The number of hydrogen-bond donors (Lipinski definition) is 1. The number of rotatable bonds is 6. The van der Waals surface area contributed by atoms with Crippen LogP contribution in [0.25, 0.3) is 0 Å². The second-order valence-corrected chi connectivity index (χ2v) is 5.32. The summed E-state index contributed by atoms with van der Waals surface area (Å²) in [6, 6.07) is 6.06. The number of aliphatic hydroxyl groups is 1. The molecule has 110 valence electrons. The Labute approximate surface area is 131 Å². The van der Waals surface area contributed by atoms with Crippen molar-refractivity contribution >= 4 is 23.2 Å². The molecule has 0 aliphatic heterocycles. The lowest BCUT2D eigenvalue weighted by molar-refractivity contribution is 0.161. The van der Waals surface area contributed by atoms with Gasteiger partial charge < -0.3 is 5.11 Å². The predicted molar refractivity (Wildman–Crippen MR) is 81.2 cm³/mol. The summed E-state index contributed by atoms with van der Waals surface area (Å²) in [6.07, 6.45) is 3.09. The topological polar surface area (TPSA) is 75.4 Å². The fourth-order valence-electron chi connectivity index (χ4n) is 1.93. The normalized spacial score (nSPS) is 13.7. The molecule has 0 amide bonds. The van der Waals surface area contributed by atoms with Gasteiger partial charge in [0.25, 0.3) is 0 Å². The number of aromatic nitrogens is 2. The summed E-state index contributed by atoms with van der Waals surface area (Å²) in [5.74, 6) is 0. The van der Waals surface area contributed by atoms with Gasteiger partial charge in [-0.3, -0.25) is 0 Å². The lowest BCUT2D eigenvalue weighted by atomic mass is 10.00. The summed E-state index contributed by atoms with van der Waals surface area (Å²) in [6.45, 7) is 0. The first kappa shape index (κ1) is 15.8. The van der Waals surface area contributed by atoms with Gasteiger partial charge in [-0.1, -0.05) is 40.5 Å². The molecule has 0 spiro atoms. The highest BCUT2D eigenvalue weighted by Gasteiger charge is 2.16. The van der Waals surface area contributed by atoms with Crippen molar-refractivity contribution in [3.05, 3.63) is 63.0 Å². The van der Waals surface area contributed by atoms with E-state index in [4.69, 9.17) is 23.2 Å². The van der Waals surface area contributed by atoms with Gasteiger partial charge in [-0.15, -0.1) is 0 Å². The molecule has 0 radical (unpaired) electrons. The van der Waals surface area contributed by atoms with Gasteiger partial charge in [0.1, 0.15) is 16.3 Å². The highest BCUT2D eigenvalue weighted by Crippen LogP contribution is 2.27. The third-order valence-corrected chi connectivity index (χ3v) is 3.56. The Balaban J connectivity index is 1.98. The third-order valence-electron chi connectivity index (χ3n) is 3.11. The van der Waals surface area contributed by atoms with E-state index in [-0.39, 0.29) is 0 Å². The van der Waals surface area contributed by atoms with Crippen LogP contribution in [-0.2, 0) is 0 Å². The van der Waals surface area contributed by atoms with Crippen molar-refractivity contribution in [2.75, 3.05) is 0 Å². The molecule has 0 aliphatic carbocycles. The number of nitroso groups, excluding NO2 is 1. The second-order valence-electron chi connectivity index (χ2n) is 4.54. The molecule has 0 aliphatic rings. The van der Waals surface area contributed by atoms with Gasteiger partial charge in [0.05, 0.1) is 6.10 Å². The van der Waals surface area contributed by atoms with E-state index in [1.165, 1.54) is 12.4 Å². The number of nitrogens with zero attached hydrogens (tertiary/aromatic N) is 3. The summed E-state index contributed by atoms with van der Waals surface area (Å²) >= 11 is 11.4. The third kappa shape index (κ3) is 4.46. The molecule has 1 N–H and O–H groups in total. The van der Waals surface area contributed by atoms with E-state index >= 15 is 0 Å². The van der Waals surface area contributed by atoms with E-state index in [2.05, 4.69) is 15.1 Å². The molecule has 2 aromatic rings. The molecule has 0 fully saturated rings. The molecule has 2 rings (SSSR count). The molecule has 7 heteroatoms. The number of aliphatic hydroxyl groups excluding tert-OH is 1. The summed E-state index contributed by atoms with van der Waals surface area (Å²) in [5, 5.41) is 13.9. The maximum atomic E-state index is 11.0. The minimum atomic E-state index is -0.723. The van der Waals surface area contributed by atoms with Gasteiger partial charge >= 0.3 is 0 Å². The molecule has 2 aromatic heterocycles. The van der Waals surface area contributed by atoms with Crippen molar-refractivity contribution in [3.8, 4) is 0 Å². The van der Waals surface area contributed by atoms with Crippen LogP contribution < -0.4 is 0 Å². The minimum Gasteiger partial charge on any atom is -0.388 e. The van der Waals surface area contributed by atoms with Crippen LogP contribution in [-0.4, -0.2) is 15.1 Å². The van der Waals surface area contributed by atoms with Gasteiger partial charge in [0.15, 0.2) is 0 Å². The largest absolute Gasteiger partial charge is 0.388 e. The maximum Gasteiger partial charge on any atom is 0.129 e. The second kappa shape index (κ2) is 7.45. The monoisotopic (exact) mass is 325 g/mol. The molecule has 0 saturated heterocycles. The van der Waals surface area contributed by atoms with Gasteiger partial charge in [-0.05, 0) is 36.1 Å². The first-order chi connectivity index (χ1) is 10.1. The van der Waals surface area contributed by atoms with Crippen LogP contribution in [0.3, 0.4) is 0 Å². The summed E-state index contributed by atoms with van der Waals surface area (Å²) in [4.78, 5) is 18.8. The average molecular weight is 326 g/mol. The van der Waals surface area contributed by atoms with Crippen LogP contribution in [0.1, 0.15) is 36.1 Å². The quantitative estimate of drug-likeness (QED) is 0.640. The number of pyridine rings is 2. The Morgan fingerprint density at radius 3 is 2.05 bits per heavy atom. The zero-order valence-corrected chi connectivity index (χ0v) is 12.5. The summed E-state index contributed by atoms with van der Waals surface area (Å²) in [5.41, 5.74) is 1.33. The van der Waals surface area contributed by atoms with E-state index in [0.717, 1.165) is 0 Å². The molecular formula is C14H13Cl2N3O2. The Bertz CT molecular complexity index is 590. The zero-order valence-electron chi connectivity index (χ0n) is 11.0. The maximum absolute atomic E-state index is 11.0. The van der Waals surface area contributed by atoms with E-state index in [1.54, 1.807) is 24.3 Å². The average Bonchev–Trinajstić information content (AvgIpc) is 2.50. The Morgan fingerprint density at radius 1 is 1.00 bits per heavy atom. The SMILES string of the molecule is O=NC(CCC(O)c1ccc(Cl)nc1)c1ccc(Cl)nc1. The van der Waals surface area contributed by atoms with Crippen molar-refractivity contribution < 1.29 is 5.11 Å².